The minimum Gasteiger partial charge on any atom is -0.544 e. The zero-order chi connectivity index (χ0) is 70.9. The Balaban J connectivity index is -0.000000134. The molecule has 0 bridgehead atoms. The number of carbonyl (C=O) groups excluding carboxylic acids is 4. The van der Waals surface area contributed by atoms with Gasteiger partial charge < -0.3 is 164 Å². The predicted octanol–water partition coefficient (Wildman–Crippen LogP) is -13.0. The van der Waals surface area contributed by atoms with Gasteiger partial charge >= 0.3 is 163 Å². The van der Waals surface area contributed by atoms with Crippen LogP contribution in [0.1, 0.15) is 83.2 Å². The summed E-state index contributed by atoms with van der Waals surface area (Å²) in [7, 11) is 0. The van der Waals surface area contributed by atoms with E-state index in [9.17, 15) is 97.1 Å². The molecule has 28 N–H and O–H groups in total. The van der Waals surface area contributed by atoms with Gasteiger partial charge in [0.15, 0.2) is 0 Å². The Morgan fingerprint density at radius 1 is 0.265 bits per heavy atom. The van der Waals surface area contributed by atoms with Crippen LogP contribution in [0.25, 0.3) is 0 Å². The van der Waals surface area contributed by atoms with E-state index in [1.54, 1.807) is 24.3 Å². The number of carboxylic acids is 16. The molecule has 552 valence electrons. The summed E-state index contributed by atoms with van der Waals surface area (Å²) in [6.45, 7) is -6.44. The molecule has 4 heterocycles. The van der Waals surface area contributed by atoms with Crippen molar-refractivity contribution < 1.29 is 202 Å². The molecule has 0 aliphatic carbocycles. The van der Waals surface area contributed by atoms with Crippen molar-refractivity contribution in [3.05, 3.63) is 64.0 Å². The summed E-state index contributed by atoms with van der Waals surface area (Å²) in [4.78, 5) is 175. The maximum absolute atomic E-state index is 11.1. The van der Waals surface area contributed by atoms with Gasteiger partial charge in [0, 0.05) is 22.3 Å². The molecule has 0 radical (unpaired) electrons. The van der Waals surface area contributed by atoms with Crippen LogP contribution in [0.15, 0.2) is 0 Å². The molecule has 54 heteroatoms. The second-order valence-electron chi connectivity index (χ2n) is 16.8. The van der Waals surface area contributed by atoms with Crippen LogP contribution in [-0.4, -0.2) is 344 Å². The van der Waals surface area contributed by atoms with Gasteiger partial charge in [0.1, 0.15) is 96.6 Å². The molecule has 0 amide bonds. The molecule has 0 aliphatic rings. The van der Waals surface area contributed by atoms with Crippen molar-refractivity contribution in [1.29, 1.82) is 21.0 Å². The number of aliphatic carboxylic acids is 12. The zero-order valence-corrected chi connectivity index (χ0v) is 60.9. The van der Waals surface area contributed by atoms with Gasteiger partial charge in [-0.1, -0.05) is 0 Å². The maximum atomic E-state index is 11.1. The third-order valence-corrected chi connectivity index (χ3v) is 15.3. The molecule has 4 rings (SSSR count). The second-order valence-corrected chi connectivity index (χ2v) is 20.8. The quantitative estimate of drug-likeness (QED) is 0.0202. The average Bonchev–Trinajstić information content (AvgIpc) is 1.67. The predicted molar refractivity (Wildman–Crippen MR) is 329 cm³/mol. The van der Waals surface area contributed by atoms with Crippen molar-refractivity contribution >= 4 is 252 Å². The van der Waals surface area contributed by atoms with E-state index in [0.717, 1.165) is 19.6 Å². The number of carboxylic acid groups (broad SMARTS) is 16. The minimum atomic E-state index is -1.74. The van der Waals surface area contributed by atoms with Crippen molar-refractivity contribution in [2.75, 3.05) is 72.0 Å². The zero-order valence-electron chi connectivity index (χ0n) is 50.6. The molecule has 0 fully saturated rings. The maximum Gasteiger partial charge on any atom is 2.00 e. The molecule has 48 nitrogen and oxygen atoms in total. The summed E-state index contributed by atoms with van der Waals surface area (Å²) >= 11 is 1.62. The first-order valence-corrected chi connectivity index (χ1v) is 26.6. The molecular weight excluding hydrogens is 1630 g/mol. The van der Waals surface area contributed by atoms with Gasteiger partial charge in [-0.3, -0.25) is 57.5 Å². The van der Waals surface area contributed by atoms with Crippen molar-refractivity contribution in [2.24, 2.45) is 0 Å². The Kier molecular flexibility index (Phi) is 59.0. The number of thiophene rings is 4. The second kappa shape index (κ2) is 53.0. The Labute approximate surface area is 654 Å². The summed E-state index contributed by atoms with van der Waals surface area (Å²) in [5.74, 6) is -23.8. The number of hydrogen-bond acceptors (Lipinski definition) is 32. The molecule has 4 aromatic heterocycles. The van der Waals surface area contributed by atoms with Crippen LogP contribution in [0.3, 0.4) is 0 Å². The number of aromatic carboxylic acids is 4. The molecule has 0 saturated heterocycles. The van der Waals surface area contributed by atoms with Crippen LogP contribution < -0.4 is 40.0 Å². The van der Waals surface area contributed by atoms with Gasteiger partial charge in [-0.05, 0) is 0 Å². The van der Waals surface area contributed by atoms with E-state index in [1.165, 1.54) is 0 Å². The fourth-order valence-corrected chi connectivity index (χ4v) is 11.6. The Hall–Kier alpha value is -9.88. The fraction of sp³-hybridized carbons (Fsp3) is 0.250. The Morgan fingerprint density at radius 2 is 0.382 bits per heavy atom. The van der Waals surface area contributed by atoms with E-state index in [2.05, 4.69) is 0 Å². The molecule has 4 aromatic rings. The van der Waals surface area contributed by atoms with Crippen molar-refractivity contribution in [3.8, 4) is 24.3 Å². The van der Waals surface area contributed by atoms with Crippen LogP contribution in [0.4, 0.5) is 20.0 Å². The van der Waals surface area contributed by atoms with Gasteiger partial charge in [-0.15, -0.1) is 45.3 Å². The number of nitrogens with zero attached hydrogens (tertiary/aromatic N) is 8. The summed E-state index contributed by atoms with van der Waals surface area (Å²) in [6, 6.07) is 6.40. The standard InChI is InChI=1S/4C12H10N2O8S.8H2O.2Sr/c4*13-2-6-5(1-7(15)16)10(12(21)22)23-11(6)14(3-8(17)18)4-9(19)20;;;;;;;;;;/h4*1,3-4H2,(H,15,16)(H,17,18)(H,19,20)(H,21,22);8*1H2;;/q;;;;;;;;;;;;2*+2/p-4. The topological polar surface area (TPSA) is 968 Å². The monoisotopic (exact) mass is 1680 g/mol. The van der Waals surface area contributed by atoms with Gasteiger partial charge in [0.05, 0.1) is 91.3 Å². The van der Waals surface area contributed by atoms with E-state index in [4.69, 9.17) is 82.3 Å². The molecule has 0 saturated carbocycles. The molecule has 0 aromatic carbocycles. The van der Waals surface area contributed by atoms with Crippen LogP contribution in [0.5, 0.6) is 0 Å². The van der Waals surface area contributed by atoms with E-state index >= 15 is 0 Å². The minimum absolute atomic E-state index is 0. The van der Waals surface area contributed by atoms with Crippen molar-refractivity contribution in [1.82, 2.24) is 0 Å². The SMILES string of the molecule is N#Cc1c(N(CC(=O)O)CC(=O)O)sc(C(=O)[O-])c1CC(=O)O.N#Cc1c(N(CC(=O)O)CC(=O)O)sc(C(=O)[O-])c1CC(=O)O.N#Cc1c(N(CC(=O)O)CC(=O)O)sc(C(=O)[O-])c1CC(=O)O.N#Cc1c(N(CC(=O)O)CC(=O)O)sc(C(=O)[O-])c1CC(=O)O.O.O.O.O.O.O.O.O.[Sr+2].[Sr+2]. The molecule has 0 spiro atoms. The number of carbonyl (C=O) groups is 16. The average molecular weight is 1680 g/mol. The molecule has 0 unspecified atom stereocenters. The van der Waals surface area contributed by atoms with Crippen LogP contribution in [-0.2, 0) is 83.2 Å². The first kappa shape index (κ1) is 113. The van der Waals surface area contributed by atoms with Crippen LogP contribution in [0.2, 0.25) is 0 Å². The smallest absolute Gasteiger partial charge is 0.544 e. The number of anilines is 4. The van der Waals surface area contributed by atoms with E-state index in [-0.39, 0.29) is 199 Å². The first-order chi connectivity index (χ1) is 42.7. The van der Waals surface area contributed by atoms with E-state index < -0.39 is 193 Å². The van der Waals surface area contributed by atoms with Crippen LogP contribution in [0, 0.1) is 45.3 Å². The molecule has 0 atom stereocenters. The summed E-state index contributed by atoms with van der Waals surface area (Å²) < 4.78 is 0. The van der Waals surface area contributed by atoms with Crippen LogP contribution >= 0.6 is 45.3 Å². The number of nitriles is 4. The van der Waals surface area contributed by atoms with Crippen molar-refractivity contribution in [2.45, 2.75) is 25.7 Å². The summed E-state index contributed by atoms with van der Waals surface area (Å²) in [6.07, 6.45) is -3.18. The molecule has 102 heavy (non-hydrogen) atoms. The Morgan fingerprint density at radius 3 is 0.461 bits per heavy atom. The van der Waals surface area contributed by atoms with E-state index in [1.807, 2.05) is 0 Å². The van der Waals surface area contributed by atoms with Gasteiger partial charge in [-0.2, -0.15) is 21.0 Å². The number of hydrogen-bond donors (Lipinski definition) is 12. The molecular formula is C48H52N8O40S4Sr2. The van der Waals surface area contributed by atoms with Gasteiger partial charge in [0.25, 0.3) is 0 Å². The van der Waals surface area contributed by atoms with Crippen molar-refractivity contribution in [3.63, 3.8) is 0 Å². The van der Waals surface area contributed by atoms with Gasteiger partial charge in [0.2, 0.25) is 0 Å². The third kappa shape index (κ3) is 35.4. The third-order valence-electron chi connectivity index (χ3n) is 10.2. The molecule has 0 aliphatic heterocycles. The first-order valence-electron chi connectivity index (χ1n) is 23.4. The number of rotatable bonds is 32. The largest absolute Gasteiger partial charge is 2.00 e. The van der Waals surface area contributed by atoms with Gasteiger partial charge in [-0.25, -0.2) is 0 Å². The summed E-state index contributed by atoms with van der Waals surface area (Å²) in [5, 5.41) is 186. The fourth-order valence-electron chi connectivity index (χ4n) is 7.20. The normalized spacial score (nSPS) is 8.90. The Bertz CT molecular complexity index is 3320. The van der Waals surface area contributed by atoms with E-state index in [0.29, 0.717) is 45.3 Å². The summed E-state index contributed by atoms with van der Waals surface area (Å²) in [5.41, 5.74) is -2.94.